The molecule has 0 bridgehead atoms. The van der Waals surface area contributed by atoms with Crippen LogP contribution in [0.5, 0.6) is 0 Å². The summed E-state index contributed by atoms with van der Waals surface area (Å²) < 4.78 is 6.03. The Labute approximate surface area is 228 Å². The van der Waals surface area contributed by atoms with Crippen LogP contribution in [0, 0.1) is 0 Å². The highest BCUT2D eigenvalue weighted by Crippen LogP contribution is 2.27. The fraction of sp³-hybridized carbons (Fsp3) is 0.367. The topological polar surface area (TPSA) is 99.2 Å². The van der Waals surface area contributed by atoms with Gasteiger partial charge in [-0.25, -0.2) is 9.89 Å². The monoisotopic (exact) mass is 524 g/mol. The Hall–Kier alpha value is -4.27. The number of benzene rings is 1. The molecule has 0 amide bonds. The molecule has 0 saturated carbocycles. The van der Waals surface area contributed by atoms with Crippen LogP contribution in [0.15, 0.2) is 66.0 Å². The molecular formula is C30H36N8O. The van der Waals surface area contributed by atoms with Gasteiger partial charge in [0.05, 0.1) is 6.54 Å². The van der Waals surface area contributed by atoms with E-state index in [0.717, 1.165) is 78.8 Å². The third kappa shape index (κ3) is 5.48. The van der Waals surface area contributed by atoms with Crippen LogP contribution in [0.3, 0.4) is 0 Å². The molecule has 0 aliphatic carbocycles. The number of unbranched alkanes of at least 4 members (excludes halogenated alkanes) is 1. The molecule has 0 unspecified atom stereocenters. The highest BCUT2D eigenvalue weighted by atomic mass is 16.1. The van der Waals surface area contributed by atoms with Gasteiger partial charge in [0.1, 0.15) is 5.82 Å². The Balaban J connectivity index is 1.55. The van der Waals surface area contributed by atoms with Crippen molar-refractivity contribution >= 4 is 0 Å². The van der Waals surface area contributed by atoms with Crippen LogP contribution in [0.25, 0.3) is 28.3 Å². The van der Waals surface area contributed by atoms with Crippen LogP contribution in [0.1, 0.15) is 63.3 Å². The van der Waals surface area contributed by atoms with E-state index >= 15 is 0 Å². The molecule has 0 aliphatic rings. The number of pyridine rings is 1. The van der Waals surface area contributed by atoms with Crippen LogP contribution in [-0.4, -0.2) is 39.3 Å². The van der Waals surface area contributed by atoms with Gasteiger partial charge in [0.15, 0.2) is 5.82 Å². The Kier molecular flexibility index (Phi) is 8.15. The highest BCUT2D eigenvalue weighted by Gasteiger charge is 2.19. The predicted molar refractivity (Wildman–Crippen MR) is 153 cm³/mol. The molecule has 5 rings (SSSR count). The average Bonchev–Trinajstić information content (AvgIpc) is 3.70. The third-order valence-electron chi connectivity index (χ3n) is 7.12. The van der Waals surface area contributed by atoms with E-state index in [9.17, 15) is 4.79 Å². The smallest absolute Gasteiger partial charge is 0.334 e. The molecule has 0 fully saturated rings. The third-order valence-corrected chi connectivity index (χ3v) is 7.12. The van der Waals surface area contributed by atoms with E-state index in [-0.39, 0.29) is 5.69 Å². The summed E-state index contributed by atoms with van der Waals surface area (Å²) in [6.45, 7) is 7.87. The summed E-state index contributed by atoms with van der Waals surface area (Å²) in [5, 5.41) is 14.1. The fourth-order valence-corrected chi connectivity index (χ4v) is 5.19. The number of rotatable bonds is 12. The van der Waals surface area contributed by atoms with Crippen LogP contribution >= 0.6 is 0 Å². The molecule has 0 atom stereocenters. The van der Waals surface area contributed by atoms with E-state index in [2.05, 4.69) is 81.5 Å². The standard InChI is InChI=1S/C30H36N8O/c1-4-7-9-26-21-38(29-24(8-5-2)15-18-36(29)17-6-3)30(39)37(26)20-25-19-31-16-14-27(25)22-10-12-23(13-11-22)28-32-34-35-33-28/h10-16,18-19,21H,4-9,17,20H2,1-3H3,(H,32,33,34,35). The number of imidazole rings is 1. The van der Waals surface area contributed by atoms with Gasteiger partial charge in [0.2, 0.25) is 0 Å². The lowest BCUT2D eigenvalue weighted by molar-refractivity contribution is 0.641. The zero-order chi connectivity index (χ0) is 27.2. The Bertz CT molecular complexity index is 1530. The molecule has 9 nitrogen and oxygen atoms in total. The van der Waals surface area contributed by atoms with Gasteiger partial charge in [-0.1, -0.05) is 57.9 Å². The summed E-state index contributed by atoms with van der Waals surface area (Å²) in [4.78, 5) is 18.5. The number of nitrogens with one attached hydrogen (secondary N) is 1. The number of aryl methyl sites for hydroxylation is 3. The zero-order valence-electron chi connectivity index (χ0n) is 23.0. The van der Waals surface area contributed by atoms with Gasteiger partial charge in [-0.3, -0.25) is 14.1 Å². The second-order valence-electron chi connectivity index (χ2n) is 9.93. The van der Waals surface area contributed by atoms with Gasteiger partial charge in [-0.2, -0.15) is 0 Å². The molecule has 4 aromatic heterocycles. The van der Waals surface area contributed by atoms with Crippen molar-refractivity contribution in [2.24, 2.45) is 0 Å². The molecule has 9 heteroatoms. The summed E-state index contributed by atoms with van der Waals surface area (Å²) in [5.74, 6) is 1.63. The maximum Gasteiger partial charge on any atom is 0.334 e. The van der Waals surface area contributed by atoms with Crippen molar-refractivity contribution in [1.82, 2.24) is 39.3 Å². The minimum atomic E-state index is -0.00233. The number of hydrogen-bond donors (Lipinski definition) is 1. The van der Waals surface area contributed by atoms with E-state index in [1.165, 1.54) is 5.56 Å². The summed E-state index contributed by atoms with van der Waals surface area (Å²) in [7, 11) is 0. The Morgan fingerprint density at radius 2 is 1.72 bits per heavy atom. The molecule has 0 spiro atoms. The summed E-state index contributed by atoms with van der Waals surface area (Å²) in [5.41, 5.74) is 6.28. The minimum absolute atomic E-state index is 0.00233. The van der Waals surface area contributed by atoms with E-state index in [4.69, 9.17) is 0 Å². The van der Waals surface area contributed by atoms with Gasteiger partial charge < -0.3 is 4.57 Å². The van der Waals surface area contributed by atoms with E-state index in [0.29, 0.717) is 12.4 Å². The van der Waals surface area contributed by atoms with E-state index in [1.807, 2.05) is 33.5 Å². The van der Waals surface area contributed by atoms with Crippen molar-refractivity contribution < 1.29 is 0 Å². The van der Waals surface area contributed by atoms with Crippen LogP contribution in [0.4, 0.5) is 0 Å². The van der Waals surface area contributed by atoms with Gasteiger partial charge in [-0.05, 0) is 70.5 Å². The number of hydrogen-bond acceptors (Lipinski definition) is 5. The van der Waals surface area contributed by atoms with E-state index < -0.39 is 0 Å². The maximum absolute atomic E-state index is 14.1. The van der Waals surface area contributed by atoms with Crippen molar-refractivity contribution in [2.75, 3.05) is 0 Å². The molecule has 0 radical (unpaired) electrons. The SMILES string of the molecule is CCCCc1cn(-c2c(CCC)ccn2CCC)c(=O)n1Cc1cnccc1-c1ccc(-c2nnn[nH]2)cc1. The lowest BCUT2D eigenvalue weighted by Gasteiger charge is -2.13. The van der Waals surface area contributed by atoms with Crippen molar-refractivity contribution in [2.45, 2.75) is 72.4 Å². The lowest BCUT2D eigenvalue weighted by atomic mass is 10.00. The van der Waals surface area contributed by atoms with Crippen LogP contribution in [0.2, 0.25) is 0 Å². The molecule has 5 aromatic rings. The van der Waals surface area contributed by atoms with Gasteiger partial charge in [0.25, 0.3) is 0 Å². The van der Waals surface area contributed by atoms with E-state index in [1.54, 1.807) is 6.20 Å². The molecule has 202 valence electrons. The summed E-state index contributed by atoms with van der Waals surface area (Å²) in [6, 6.07) is 12.3. The predicted octanol–water partition coefficient (Wildman–Crippen LogP) is 5.44. The maximum atomic E-state index is 14.1. The first-order valence-corrected chi connectivity index (χ1v) is 13.9. The molecule has 1 aromatic carbocycles. The second-order valence-corrected chi connectivity index (χ2v) is 9.93. The Morgan fingerprint density at radius 1 is 0.897 bits per heavy atom. The number of aromatic amines is 1. The molecule has 0 aliphatic heterocycles. The van der Waals surface area contributed by atoms with Crippen molar-refractivity contribution in [3.8, 4) is 28.3 Å². The number of nitrogens with zero attached hydrogens (tertiary/aromatic N) is 7. The zero-order valence-corrected chi connectivity index (χ0v) is 23.0. The average molecular weight is 525 g/mol. The second kappa shape index (κ2) is 12.1. The summed E-state index contributed by atoms with van der Waals surface area (Å²) >= 11 is 0. The molecular weight excluding hydrogens is 488 g/mol. The lowest BCUT2D eigenvalue weighted by Crippen LogP contribution is -2.27. The van der Waals surface area contributed by atoms with Crippen molar-refractivity contribution in [3.63, 3.8) is 0 Å². The van der Waals surface area contributed by atoms with Crippen LogP contribution in [-0.2, 0) is 25.9 Å². The van der Waals surface area contributed by atoms with Gasteiger partial charge in [-0.15, -0.1) is 5.10 Å². The largest absolute Gasteiger partial charge is 0.334 e. The molecule has 0 saturated heterocycles. The van der Waals surface area contributed by atoms with Crippen LogP contribution < -0.4 is 5.69 Å². The first-order valence-electron chi connectivity index (χ1n) is 13.9. The summed E-state index contributed by atoms with van der Waals surface area (Å²) in [6.07, 6.45) is 13.8. The van der Waals surface area contributed by atoms with Gasteiger partial charge in [0, 0.05) is 42.6 Å². The van der Waals surface area contributed by atoms with Crippen molar-refractivity contribution in [1.29, 1.82) is 0 Å². The highest BCUT2D eigenvalue weighted by molar-refractivity contribution is 5.70. The normalized spacial score (nSPS) is 11.4. The molecule has 4 heterocycles. The molecule has 39 heavy (non-hydrogen) atoms. The number of aromatic nitrogens is 8. The first kappa shape index (κ1) is 26.3. The number of H-pyrrole nitrogens is 1. The number of tetrazole rings is 1. The first-order chi connectivity index (χ1) is 19.1. The Morgan fingerprint density at radius 3 is 2.44 bits per heavy atom. The fourth-order valence-electron chi connectivity index (χ4n) is 5.19. The quantitative estimate of drug-likeness (QED) is 0.234. The van der Waals surface area contributed by atoms with Crippen molar-refractivity contribution in [3.05, 3.63) is 88.5 Å². The van der Waals surface area contributed by atoms with Gasteiger partial charge >= 0.3 is 5.69 Å². The minimum Gasteiger partial charge on any atom is -0.334 e. The molecule has 1 N–H and O–H groups in total.